The van der Waals surface area contributed by atoms with Crippen LogP contribution in [0.4, 0.5) is 0 Å². The third-order valence-corrected chi connectivity index (χ3v) is 2.11. The Morgan fingerprint density at radius 3 is 2.00 bits per heavy atom. The summed E-state index contributed by atoms with van der Waals surface area (Å²) >= 11 is 0. The monoisotopic (exact) mass is 117 g/mol. The van der Waals surface area contributed by atoms with Crippen molar-refractivity contribution in [1.29, 1.82) is 0 Å². The van der Waals surface area contributed by atoms with Crippen molar-refractivity contribution in [1.82, 2.24) is 0 Å². The summed E-state index contributed by atoms with van der Waals surface area (Å²) in [6, 6.07) is 2.01. The summed E-state index contributed by atoms with van der Waals surface area (Å²) in [5.74, 6) is 0. The molecule has 0 amide bonds. The Labute approximate surface area is 46.5 Å². The summed E-state index contributed by atoms with van der Waals surface area (Å²) in [7, 11) is -1.78. The van der Waals surface area contributed by atoms with Crippen molar-refractivity contribution in [3.05, 3.63) is 6.04 Å². The van der Waals surface area contributed by atoms with Crippen LogP contribution < -0.4 is 0 Å². The molecular formula is C5H13OSi. The van der Waals surface area contributed by atoms with Crippen LogP contribution in [-0.4, -0.2) is 13.1 Å². The zero-order chi connectivity index (χ0) is 5.91. The lowest BCUT2D eigenvalue weighted by atomic mass is 10.6. The second kappa shape index (κ2) is 2.48. The van der Waals surface area contributed by atoms with E-state index in [0.29, 0.717) is 0 Å². The molecule has 0 saturated carbocycles. The first kappa shape index (κ1) is 7.18. The van der Waals surface area contributed by atoms with Crippen LogP contribution in [0.2, 0.25) is 13.1 Å². The zero-order valence-corrected chi connectivity index (χ0v) is 6.23. The lowest BCUT2D eigenvalue weighted by Gasteiger charge is -2.09. The molecule has 1 N–H and O–H groups in total. The maximum absolute atomic E-state index is 9.10. The lowest BCUT2D eigenvalue weighted by molar-refractivity contribution is 0.558. The first-order valence-electron chi connectivity index (χ1n) is 2.63. The van der Waals surface area contributed by atoms with Crippen molar-refractivity contribution >= 4 is 8.32 Å². The molecule has 0 heterocycles. The van der Waals surface area contributed by atoms with E-state index in [9.17, 15) is 0 Å². The van der Waals surface area contributed by atoms with E-state index in [1.807, 2.05) is 26.1 Å². The predicted molar refractivity (Wildman–Crippen MR) is 34.3 cm³/mol. The molecule has 0 aromatic carbocycles. The summed E-state index contributed by atoms with van der Waals surface area (Å²) in [5.41, 5.74) is 0. The van der Waals surface area contributed by atoms with E-state index in [-0.39, 0.29) is 0 Å². The molecule has 2 heteroatoms. The molecular weight excluding hydrogens is 104 g/mol. The van der Waals surface area contributed by atoms with E-state index in [1.165, 1.54) is 0 Å². The summed E-state index contributed by atoms with van der Waals surface area (Å²) in [5, 5.41) is 0. The SMILES string of the molecule is CC[CH][Si](C)(C)O. The second-order valence-corrected chi connectivity index (χ2v) is 5.98. The van der Waals surface area contributed by atoms with E-state index >= 15 is 0 Å². The lowest BCUT2D eigenvalue weighted by Crippen LogP contribution is -2.25. The topological polar surface area (TPSA) is 20.2 Å². The van der Waals surface area contributed by atoms with Crippen molar-refractivity contribution in [2.24, 2.45) is 0 Å². The average molecular weight is 117 g/mol. The van der Waals surface area contributed by atoms with Gasteiger partial charge in [0.25, 0.3) is 0 Å². The Morgan fingerprint density at radius 1 is 1.57 bits per heavy atom. The summed E-state index contributed by atoms with van der Waals surface area (Å²) in [4.78, 5) is 9.10. The Hall–Kier alpha value is 0.177. The highest BCUT2D eigenvalue weighted by molar-refractivity contribution is 6.73. The van der Waals surface area contributed by atoms with Gasteiger partial charge < -0.3 is 4.80 Å². The van der Waals surface area contributed by atoms with Crippen LogP contribution in [0.15, 0.2) is 0 Å². The maximum atomic E-state index is 9.10. The van der Waals surface area contributed by atoms with E-state index in [2.05, 4.69) is 0 Å². The van der Waals surface area contributed by atoms with Crippen molar-refractivity contribution in [3.8, 4) is 0 Å². The molecule has 0 atom stereocenters. The Morgan fingerprint density at radius 2 is 2.00 bits per heavy atom. The first-order chi connectivity index (χ1) is 3.06. The molecule has 0 bridgehead atoms. The highest BCUT2D eigenvalue weighted by atomic mass is 28.4. The third-order valence-electron chi connectivity index (χ3n) is 0.704. The third kappa shape index (κ3) is 6.18. The van der Waals surface area contributed by atoms with Gasteiger partial charge in [-0.05, 0) is 19.1 Å². The quantitative estimate of drug-likeness (QED) is 0.541. The number of hydrogen-bond donors (Lipinski definition) is 1. The average Bonchev–Trinajstić information content (AvgIpc) is 1.30. The molecule has 7 heavy (non-hydrogen) atoms. The van der Waals surface area contributed by atoms with Gasteiger partial charge in [0.2, 0.25) is 0 Å². The van der Waals surface area contributed by atoms with Crippen molar-refractivity contribution in [2.45, 2.75) is 26.4 Å². The van der Waals surface area contributed by atoms with E-state index in [0.717, 1.165) is 6.42 Å². The summed E-state index contributed by atoms with van der Waals surface area (Å²) < 4.78 is 0. The van der Waals surface area contributed by atoms with Crippen LogP contribution in [0.25, 0.3) is 0 Å². The standard InChI is InChI=1S/C5H13OSi/c1-4-5-7(2,3)6/h5-6H,4H2,1-3H3. The van der Waals surface area contributed by atoms with E-state index in [4.69, 9.17) is 4.80 Å². The van der Waals surface area contributed by atoms with Crippen LogP contribution in [-0.2, 0) is 0 Å². The molecule has 0 aliphatic heterocycles. The van der Waals surface area contributed by atoms with E-state index < -0.39 is 8.32 Å². The van der Waals surface area contributed by atoms with Crippen LogP contribution in [0.1, 0.15) is 13.3 Å². The van der Waals surface area contributed by atoms with Gasteiger partial charge in [-0.3, -0.25) is 0 Å². The highest BCUT2D eigenvalue weighted by Gasteiger charge is 2.13. The fourth-order valence-electron chi connectivity index (χ4n) is 0.500. The van der Waals surface area contributed by atoms with Gasteiger partial charge in [0.15, 0.2) is 8.32 Å². The molecule has 0 aromatic rings. The summed E-state index contributed by atoms with van der Waals surface area (Å²) in [6.07, 6.45) is 0.996. The smallest absolute Gasteiger partial charge is 0.185 e. The molecule has 0 fully saturated rings. The number of hydrogen-bond acceptors (Lipinski definition) is 1. The minimum absolute atomic E-state index is 0.996. The second-order valence-electron chi connectivity index (χ2n) is 2.27. The molecule has 0 unspecified atom stereocenters. The van der Waals surface area contributed by atoms with Crippen LogP contribution >= 0.6 is 0 Å². The molecule has 1 nitrogen and oxygen atoms in total. The molecule has 0 saturated heterocycles. The maximum Gasteiger partial charge on any atom is 0.185 e. The van der Waals surface area contributed by atoms with Crippen LogP contribution in [0.3, 0.4) is 0 Å². The zero-order valence-electron chi connectivity index (χ0n) is 5.23. The minimum atomic E-state index is -1.78. The molecule has 0 spiro atoms. The highest BCUT2D eigenvalue weighted by Crippen LogP contribution is 2.02. The van der Waals surface area contributed by atoms with E-state index in [1.54, 1.807) is 0 Å². The minimum Gasteiger partial charge on any atom is -0.432 e. The van der Waals surface area contributed by atoms with Gasteiger partial charge in [-0.15, -0.1) is 0 Å². The number of rotatable bonds is 2. The molecule has 0 aliphatic rings. The molecule has 0 aliphatic carbocycles. The van der Waals surface area contributed by atoms with Gasteiger partial charge in [0, 0.05) is 0 Å². The first-order valence-corrected chi connectivity index (χ1v) is 5.65. The van der Waals surface area contributed by atoms with Gasteiger partial charge in [-0.2, -0.15) is 0 Å². The van der Waals surface area contributed by atoms with Gasteiger partial charge in [-0.1, -0.05) is 13.3 Å². The largest absolute Gasteiger partial charge is 0.432 e. The van der Waals surface area contributed by atoms with Gasteiger partial charge >= 0.3 is 0 Å². The Kier molecular flexibility index (Phi) is 2.54. The molecule has 0 rings (SSSR count). The molecule has 1 radical (unpaired) electrons. The normalized spacial score (nSPS) is 12.0. The fourth-order valence-corrected chi connectivity index (χ4v) is 1.50. The Bertz CT molecular complexity index is 46.5. The summed E-state index contributed by atoms with van der Waals surface area (Å²) in [6.45, 7) is 5.87. The van der Waals surface area contributed by atoms with Crippen LogP contribution in [0.5, 0.6) is 0 Å². The van der Waals surface area contributed by atoms with Crippen LogP contribution in [0, 0.1) is 6.04 Å². The van der Waals surface area contributed by atoms with Crippen molar-refractivity contribution < 1.29 is 4.80 Å². The molecule has 43 valence electrons. The molecule has 0 aromatic heterocycles. The van der Waals surface area contributed by atoms with Gasteiger partial charge in [0.05, 0.1) is 0 Å². The Balaban J connectivity index is 3.15. The van der Waals surface area contributed by atoms with Gasteiger partial charge in [0.1, 0.15) is 0 Å². The predicted octanol–water partition coefficient (Wildman–Crippen LogP) is 1.34. The fraction of sp³-hybridized carbons (Fsp3) is 0.800. The van der Waals surface area contributed by atoms with Gasteiger partial charge in [-0.25, -0.2) is 0 Å². The van der Waals surface area contributed by atoms with Crippen molar-refractivity contribution in [2.75, 3.05) is 0 Å². The van der Waals surface area contributed by atoms with Crippen molar-refractivity contribution in [3.63, 3.8) is 0 Å².